The Balaban J connectivity index is 1.71. The van der Waals surface area contributed by atoms with Crippen molar-refractivity contribution in [2.75, 3.05) is 13.7 Å². The number of carbonyl (C=O) groups excluding carboxylic acids is 2. The van der Waals surface area contributed by atoms with E-state index in [0.29, 0.717) is 13.0 Å². The summed E-state index contributed by atoms with van der Waals surface area (Å²) in [5.41, 5.74) is 0.527. The summed E-state index contributed by atoms with van der Waals surface area (Å²) in [6, 6.07) is 7.83. The highest BCUT2D eigenvalue weighted by Gasteiger charge is 2.31. The summed E-state index contributed by atoms with van der Waals surface area (Å²) in [4.78, 5) is 26.2. The second-order valence-electron chi connectivity index (χ2n) is 7.99. The molecule has 1 aliphatic rings. The second kappa shape index (κ2) is 9.62. The number of hydrogen-bond acceptors (Lipinski definition) is 4. The van der Waals surface area contributed by atoms with Crippen LogP contribution in [-0.4, -0.2) is 42.2 Å². The van der Waals surface area contributed by atoms with Crippen LogP contribution in [0.1, 0.15) is 58.4 Å². The number of nitrogens with zero attached hydrogens (tertiary/aromatic N) is 1. The standard InChI is InChI=1S/C21H32N2O4/c1-21(2,3)27-20(25)23-13-7-10-17(23)9-6-12-19(24)22-15-16-8-5-11-18(14-16)26-4/h5,8,11,14,17H,6-7,9-10,12-13,15H2,1-4H3,(H,22,24). The highest BCUT2D eigenvalue weighted by molar-refractivity contribution is 5.75. The normalized spacial score (nSPS) is 16.9. The Labute approximate surface area is 162 Å². The highest BCUT2D eigenvalue weighted by atomic mass is 16.6. The number of carbonyl (C=O) groups is 2. The van der Waals surface area contributed by atoms with Crippen molar-refractivity contribution in [3.63, 3.8) is 0 Å². The topological polar surface area (TPSA) is 67.9 Å². The third-order valence-corrected chi connectivity index (χ3v) is 4.57. The van der Waals surface area contributed by atoms with E-state index in [-0.39, 0.29) is 18.0 Å². The zero-order valence-electron chi connectivity index (χ0n) is 16.9. The van der Waals surface area contributed by atoms with Crippen molar-refractivity contribution in [3.05, 3.63) is 29.8 Å². The summed E-state index contributed by atoms with van der Waals surface area (Å²) in [6.45, 7) is 6.86. The van der Waals surface area contributed by atoms with Gasteiger partial charge in [0.05, 0.1) is 7.11 Å². The number of ether oxygens (including phenoxy) is 2. The fraction of sp³-hybridized carbons (Fsp3) is 0.619. The Morgan fingerprint density at radius 1 is 1.30 bits per heavy atom. The van der Waals surface area contributed by atoms with Gasteiger partial charge < -0.3 is 19.7 Å². The van der Waals surface area contributed by atoms with E-state index < -0.39 is 5.60 Å². The van der Waals surface area contributed by atoms with E-state index in [9.17, 15) is 9.59 Å². The molecule has 27 heavy (non-hydrogen) atoms. The quantitative estimate of drug-likeness (QED) is 0.784. The molecule has 0 saturated carbocycles. The van der Waals surface area contributed by atoms with E-state index in [1.807, 2.05) is 49.9 Å². The van der Waals surface area contributed by atoms with Crippen molar-refractivity contribution in [2.45, 2.75) is 71.1 Å². The van der Waals surface area contributed by atoms with Gasteiger partial charge in [0.1, 0.15) is 11.4 Å². The van der Waals surface area contributed by atoms with E-state index in [1.165, 1.54) is 0 Å². The fourth-order valence-electron chi connectivity index (χ4n) is 3.27. The van der Waals surface area contributed by atoms with Gasteiger partial charge in [-0.1, -0.05) is 12.1 Å². The molecule has 1 saturated heterocycles. The molecule has 1 unspecified atom stereocenters. The van der Waals surface area contributed by atoms with E-state index >= 15 is 0 Å². The van der Waals surface area contributed by atoms with Crippen LogP contribution in [0.2, 0.25) is 0 Å². The van der Waals surface area contributed by atoms with Gasteiger partial charge in [-0.2, -0.15) is 0 Å². The first-order valence-corrected chi connectivity index (χ1v) is 9.68. The molecule has 1 aliphatic heterocycles. The van der Waals surface area contributed by atoms with Gasteiger partial charge in [0.15, 0.2) is 0 Å². The molecule has 1 fully saturated rings. The lowest BCUT2D eigenvalue weighted by atomic mass is 10.1. The number of likely N-dealkylation sites (tertiary alicyclic amines) is 1. The predicted octanol–water partition coefficient (Wildman–Crippen LogP) is 3.88. The Kier molecular flexibility index (Phi) is 7.51. The van der Waals surface area contributed by atoms with Gasteiger partial charge in [0.25, 0.3) is 0 Å². The molecule has 0 aliphatic carbocycles. The average molecular weight is 376 g/mol. The van der Waals surface area contributed by atoms with Gasteiger partial charge in [-0.05, 0) is 64.2 Å². The number of rotatable bonds is 7. The number of hydrogen-bond donors (Lipinski definition) is 1. The molecule has 6 heteroatoms. The molecule has 1 heterocycles. The summed E-state index contributed by atoms with van der Waals surface area (Å²) < 4.78 is 10.7. The Morgan fingerprint density at radius 2 is 2.07 bits per heavy atom. The van der Waals surface area contributed by atoms with Gasteiger partial charge in [-0.3, -0.25) is 4.79 Å². The molecule has 1 N–H and O–H groups in total. The monoisotopic (exact) mass is 376 g/mol. The molecule has 0 aromatic heterocycles. The van der Waals surface area contributed by atoms with Crippen LogP contribution in [0.4, 0.5) is 4.79 Å². The molecule has 1 aromatic rings. The zero-order valence-corrected chi connectivity index (χ0v) is 16.9. The Morgan fingerprint density at radius 3 is 2.78 bits per heavy atom. The van der Waals surface area contributed by atoms with Crippen LogP contribution >= 0.6 is 0 Å². The molecule has 2 amide bonds. The summed E-state index contributed by atoms with van der Waals surface area (Å²) >= 11 is 0. The second-order valence-corrected chi connectivity index (χ2v) is 7.99. The molecular formula is C21H32N2O4. The number of amides is 2. The van der Waals surface area contributed by atoms with E-state index in [1.54, 1.807) is 7.11 Å². The van der Waals surface area contributed by atoms with Gasteiger partial charge in [0.2, 0.25) is 5.91 Å². The first kappa shape index (κ1) is 21.1. The molecule has 0 radical (unpaired) electrons. The van der Waals surface area contributed by atoms with Crippen molar-refractivity contribution in [2.24, 2.45) is 0 Å². The molecule has 0 spiro atoms. The van der Waals surface area contributed by atoms with Gasteiger partial charge in [0, 0.05) is 25.6 Å². The molecule has 150 valence electrons. The molecule has 6 nitrogen and oxygen atoms in total. The van der Waals surface area contributed by atoms with Crippen LogP contribution in [0.15, 0.2) is 24.3 Å². The molecule has 1 atom stereocenters. The van der Waals surface area contributed by atoms with Crippen LogP contribution in [-0.2, 0) is 16.1 Å². The molecule has 1 aromatic carbocycles. The lowest BCUT2D eigenvalue weighted by Crippen LogP contribution is -2.39. The third-order valence-electron chi connectivity index (χ3n) is 4.57. The van der Waals surface area contributed by atoms with E-state index in [2.05, 4.69) is 5.32 Å². The Hall–Kier alpha value is -2.24. The van der Waals surface area contributed by atoms with Crippen LogP contribution in [0.5, 0.6) is 5.75 Å². The minimum atomic E-state index is -0.482. The van der Waals surface area contributed by atoms with Crippen LogP contribution in [0.25, 0.3) is 0 Å². The lowest BCUT2D eigenvalue weighted by Gasteiger charge is -2.28. The minimum absolute atomic E-state index is 0.0274. The zero-order chi connectivity index (χ0) is 19.9. The fourth-order valence-corrected chi connectivity index (χ4v) is 3.27. The van der Waals surface area contributed by atoms with Crippen LogP contribution in [0.3, 0.4) is 0 Å². The van der Waals surface area contributed by atoms with E-state index in [4.69, 9.17) is 9.47 Å². The third kappa shape index (κ3) is 7.12. The maximum atomic E-state index is 12.3. The Bertz CT molecular complexity index is 639. The predicted molar refractivity (Wildman–Crippen MR) is 105 cm³/mol. The van der Waals surface area contributed by atoms with Gasteiger partial charge >= 0.3 is 6.09 Å². The van der Waals surface area contributed by atoms with Crippen LogP contribution in [0, 0.1) is 0 Å². The largest absolute Gasteiger partial charge is 0.497 e. The summed E-state index contributed by atoms with van der Waals surface area (Å²) in [5, 5.41) is 2.94. The maximum absolute atomic E-state index is 12.3. The average Bonchev–Trinajstić information content (AvgIpc) is 3.07. The lowest BCUT2D eigenvalue weighted by molar-refractivity contribution is -0.121. The molecule has 0 bridgehead atoms. The number of benzene rings is 1. The number of methoxy groups -OCH3 is 1. The van der Waals surface area contributed by atoms with Gasteiger partial charge in [-0.25, -0.2) is 4.79 Å². The molecule has 2 rings (SSSR count). The van der Waals surface area contributed by atoms with Crippen molar-refractivity contribution < 1.29 is 19.1 Å². The number of nitrogens with one attached hydrogen (secondary N) is 1. The van der Waals surface area contributed by atoms with Crippen molar-refractivity contribution >= 4 is 12.0 Å². The SMILES string of the molecule is COc1cccc(CNC(=O)CCCC2CCCN2C(=O)OC(C)(C)C)c1. The van der Waals surface area contributed by atoms with Crippen LogP contribution < -0.4 is 10.1 Å². The minimum Gasteiger partial charge on any atom is -0.497 e. The van der Waals surface area contributed by atoms with Crippen molar-refractivity contribution in [1.29, 1.82) is 0 Å². The first-order valence-electron chi connectivity index (χ1n) is 9.68. The first-order chi connectivity index (χ1) is 12.8. The summed E-state index contributed by atoms with van der Waals surface area (Å²) in [5.74, 6) is 0.810. The highest BCUT2D eigenvalue weighted by Crippen LogP contribution is 2.24. The maximum Gasteiger partial charge on any atom is 0.410 e. The van der Waals surface area contributed by atoms with Crippen molar-refractivity contribution in [3.8, 4) is 5.75 Å². The van der Waals surface area contributed by atoms with E-state index in [0.717, 1.165) is 43.5 Å². The summed E-state index contributed by atoms with van der Waals surface area (Å²) in [6.07, 6.45) is 3.77. The molecular weight excluding hydrogens is 344 g/mol. The van der Waals surface area contributed by atoms with Crippen molar-refractivity contribution in [1.82, 2.24) is 10.2 Å². The smallest absolute Gasteiger partial charge is 0.410 e. The summed E-state index contributed by atoms with van der Waals surface area (Å²) in [7, 11) is 1.63. The van der Waals surface area contributed by atoms with Gasteiger partial charge in [-0.15, -0.1) is 0 Å².